The van der Waals surface area contributed by atoms with Crippen molar-refractivity contribution in [3.05, 3.63) is 58.7 Å². The fraction of sp³-hybridized carbons (Fsp3) is 0.458. The van der Waals surface area contributed by atoms with Crippen LogP contribution in [0.5, 0.6) is 0 Å². The molecule has 1 amide bonds. The number of halogens is 1. The molecule has 0 unspecified atom stereocenters. The van der Waals surface area contributed by atoms with E-state index in [0.29, 0.717) is 6.54 Å². The first kappa shape index (κ1) is 20.5. The number of carbonyl (C=O) groups is 2. The van der Waals surface area contributed by atoms with Gasteiger partial charge in [-0.15, -0.1) is 0 Å². The lowest BCUT2D eigenvalue weighted by Crippen LogP contribution is -2.39. The van der Waals surface area contributed by atoms with Crippen molar-refractivity contribution in [2.24, 2.45) is 5.92 Å². The zero-order valence-corrected chi connectivity index (χ0v) is 17.6. The van der Waals surface area contributed by atoms with E-state index in [4.69, 9.17) is 0 Å². The largest absolute Gasteiger partial charge is 0.335 e. The third kappa shape index (κ3) is 3.59. The van der Waals surface area contributed by atoms with E-state index in [1.807, 2.05) is 10.9 Å². The Morgan fingerprint density at radius 1 is 1.33 bits per heavy atom. The molecule has 0 N–H and O–H groups in total. The van der Waals surface area contributed by atoms with Gasteiger partial charge in [0.15, 0.2) is 0 Å². The number of aromatic nitrogens is 2. The first-order chi connectivity index (χ1) is 14.5. The Morgan fingerprint density at radius 2 is 2.10 bits per heavy atom. The standard InChI is InChI=1S/C24H28FN3O2/c1-3-4-11-27(12-13-29)24(30)20-10-5-17-14-22-21(16(2)23(17)20)15-26-28(22)19-8-6-18(25)7-9-19/h6-9,13,15-16,20H,3-5,10-12,14H2,1-2H3/t16-,20+/m0/s1. The third-order valence-corrected chi connectivity index (χ3v) is 6.49. The second kappa shape index (κ2) is 8.54. The lowest BCUT2D eigenvalue weighted by atomic mass is 9.79. The van der Waals surface area contributed by atoms with Crippen LogP contribution in [0.2, 0.25) is 0 Å². The smallest absolute Gasteiger partial charge is 0.230 e. The number of unbranched alkanes of at least 4 members (excludes halogenated alkanes) is 1. The zero-order valence-electron chi connectivity index (χ0n) is 17.6. The summed E-state index contributed by atoms with van der Waals surface area (Å²) in [6.07, 6.45) is 7.07. The first-order valence-electron chi connectivity index (χ1n) is 10.8. The van der Waals surface area contributed by atoms with Crippen LogP contribution in [0.25, 0.3) is 5.69 Å². The van der Waals surface area contributed by atoms with E-state index < -0.39 is 0 Å². The molecule has 6 heteroatoms. The van der Waals surface area contributed by atoms with Gasteiger partial charge in [-0.25, -0.2) is 9.07 Å². The average Bonchev–Trinajstić information content (AvgIpc) is 3.36. The summed E-state index contributed by atoms with van der Waals surface area (Å²) < 4.78 is 15.2. The maximum absolute atomic E-state index is 13.3. The number of nitrogens with zero attached hydrogens (tertiary/aromatic N) is 3. The van der Waals surface area contributed by atoms with Crippen LogP contribution in [-0.4, -0.2) is 40.0 Å². The molecular weight excluding hydrogens is 381 g/mol. The number of aldehydes is 1. The Morgan fingerprint density at radius 3 is 2.80 bits per heavy atom. The van der Waals surface area contributed by atoms with Crippen molar-refractivity contribution in [1.29, 1.82) is 0 Å². The molecule has 0 aliphatic heterocycles. The number of hydrogen-bond acceptors (Lipinski definition) is 3. The summed E-state index contributed by atoms with van der Waals surface area (Å²) >= 11 is 0. The van der Waals surface area contributed by atoms with Crippen LogP contribution < -0.4 is 0 Å². The fourth-order valence-corrected chi connectivity index (χ4v) is 4.97. The molecule has 0 bridgehead atoms. The van der Waals surface area contributed by atoms with Gasteiger partial charge in [-0.1, -0.05) is 31.4 Å². The van der Waals surface area contributed by atoms with Gasteiger partial charge in [-0.05, 0) is 43.5 Å². The summed E-state index contributed by atoms with van der Waals surface area (Å²) in [6, 6.07) is 6.37. The SMILES string of the molecule is CCCCN(CC=O)C(=O)[C@@H]1CCC2=C1[C@@H](C)c1cnn(-c3ccc(F)cc3)c1C2. The highest BCUT2D eigenvalue weighted by molar-refractivity contribution is 5.85. The number of allylic oxidation sites excluding steroid dienone is 1. The van der Waals surface area contributed by atoms with Gasteiger partial charge in [0.05, 0.1) is 30.0 Å². The lowest BCUT2D eigenvalue weighted by Gasteiger charge is -2.30. The summed E-state index contributed by atoms with van der Waals surface area (Å²) in [4.78, 5) is 26.1. The van der Waals surface area contributed by atoms with Gasteiger partial charge in [0.2, 0.25) is 5.91 Å². The molecule has 2 aliphatic rings. The molecule has 4 rings (SSSR count). The lowest BCUT2D eigenvalue weighted by molar-refractivity contribution is -0.136. The Kier molecular flexibility index (Phi) is 5.84. The monoisotopic (exact) mass is 409 g/mol. The summed E-state index contributed by atoms with van der Waals surface area (Å²) in [5.41, 5.74) is 5.64. The quantitative estimate of drug-likeness (QED) is 0.509. The molecule has 30 heavy (non-hydrogen) atoms. The molecule has 0 radical (unpaired) electrons. The maximum atomic E-state index is 13.3. The maximum Gasteiger partial charge on any atom is 0.230 e. The molecule has 5 nitrogen and oxygen atoms in total. The number of carbonyl (C=O) groups excluding carboxylic acids is 2. The minimum absolute atomic E-state index is 0.0850. The van der Waals surface area contributed by atoms with Crippen molar-refractivity contribution >= 4 is 12.2 Å². The van der Waals surface area contributed by atoms with Crippen LogP contribution in [0.4, 0.5) is 4.39 Å². The molecule has 0 spiro atoms. The van der Waals surface area contributed by atoms with E-state index in [2.05, 4.69) is 18.9 Å². The molecule has 1 heterocycles. The van der Waals surface area contributed by atoms with Crippen molar-refractivity contribution in [2.45, 2.75) is 51.9 Å². The van der Waals surface area contributed by atoms with Gasteiger partial charge in [-0.3, -0.25) is 4.79 Å². The minimum atomic E-state index is -0.266. The topological polar surface area (TPSA) is 55.2 Å². The summed E-state index contributed by atoms with van der Waals surface area (Å²) in [5, 5.41) is 4.58. The van der Waals surface area contributed by atoms with E-state index in [-0.39, 0.29) is 30.1 Å². The Labute approximate surface area is 176 Å². The summed E-state index contributed by atoms with van der Waals surface area (Å²) in [7, 11) is 0. The highest BCUT2D eigenvalue weighted by Gasteiger charge is 2.40. The zero-order chi connectivity index (χ0) is 21.3. The average molecular weight is 410 g/mol. The summed E-state index contributed by atoms with van der Waals surface area (Å²) in [5.74, 6) is -0.215. The Bertz CT molecular complexity index is 977. The van der Waals surface area contributed by atoms with Crippen LogP contribution in [0.1, 0.15) is 56.7 Å². The highest BCUT2D eigenvalue weighted by Crippen LogP contribution is 2.47. The van der Waals surface area contributed by atoms with E-state index in [1.54, 1.807) is 17.0 Å². The van der Waals surface area contributed by atoms with Gasteiger partial charge >= 0.3 is 0 Å². The molecule has 2 atom stereocenters. The molecule has 0 fully saturated rings. The van der Waals surface area contributed by atoms with Crippen molar-refractivity contribution in [1.82, 2.24) is 14.7 Å². The molecular formula is C24H28FN3O2. The van der Waals surface area contributed by atoms with Gasteiger partial charge in [0.1, 0.15) is 12.1 Å². The van der Waals surface area contributed by atoms with Crippen LogP contribution in [0.3, 0.4) is 0 Å². The second-order valence-corrected chi connectivity index (χ2v) is 8.29. The molecule has 0 saturated heterocycles. The number of fused-ring (bicyclic) bond motifs is 1. The number of amides is 1. The van der Waals surface area contributed by atoms with Crippen LogP contribution in [0.15, 0.2) is 41.6 Å². The molecule has 2 aliphatic carbocycles. The fourth-order valence-electron chi connectivity index (χ4n) is 4.97. The molecule has 1 aromatic heterocycles. The van der Waals surface area contributed by atoms with Crippen LogP contribution in [0, 0.1) is 11.7 Å². The molecule has 158 valence electrons. The second-order valence-electron chi connectivity index (χ2n) is 8.29. The van der Waals surface area contributed by atoms with Crippen molar-refractivity contribution in [3.63, 3.8) is 0 Å². The normalized spacial score (nSPS) is 20.1. The van der Waals surface area contributed by atoms with E-state index in [9.17, 15) is 14.0 Å². The number of benzene rings is 1. The molecule has 2 aromatic rings. The minimum Gasteiger partial charge on any atom is -0.335 e. The predicted octanol–water partition coefficient (Wildman–Crippen LogP) is 4.21. The summed E-state index contributed by atoms with van der Waals surface area (Å²) in [6.45, 7) is 5.03. The number of rotatable bonds is 7. The van der Waals surface area contributed by atoms with E-state index >= 15 is 0 Å². The van der Waals surface area contributed by atoms with Gasteiger partial charge < -0.3 is 9.69 Å². The van der Waals surface area contributed by atoms with Crippen LogP contribution in [-0.2, 0) is 16.0 Å². The van der Waals surface area contributed by atoms with Crippen molar-refractivity contribution in [2.75, 3.05) is 13.1 Å². The number of hydrogen-bond donors (Lipinski definition) is 0. The molecule has 1 aromatic carbocycles. The first-order valence-corrected chi connectivity index (χ1v) is 10.8. The van der Waals surface area contributed by atoms with Gasteiger partial charge in [0, 0.05) is 24.4 Å². The van der Waals surface area contributed by atoms with E-state index in [1.165, 1.54) is 23.3 Å². The highest BCUT2D eigenvalue weighted by atomic mass is 19.1. The van der Waals surface area contributed by atoms with Gasteiger partial charge in [0.25, 0.3) is 0 Å². The van der Waals surface area contributed by atoms with E-state index in [0.717, 1.165) is 55.3 Å². The van der Waals surface area contributed by atoms with Crippen molar-refractivity contribution < 1.29 is 14.0 Å². The Hall–Kier alpha value is -2.76. The van der Waals surface area contributed by atoms with Crippen LogP contribution >= 0.6 is 0 Å². The molecule has 0 saturated carbocycles. The van der Waals surface area contributed by atoms with Gasteiger partial charge in [-0.2, -0.15) is 5.10 Å². The predicted molar refractivity (Wildman–Crippen MR) is 113 cm³/mol. The van der Waals surface area contributed by atoms with Crippen molar-refractivity contribution in [3.8, 4) is 5.69 Å². The third-order valence-electron chi connectivity index (χ3n) is 6.49. The Balaban J connectivity index is 1.62.